The van der Waals surface area contributed by atoms with E-state index in [0.717, 1.165) is 12.8 Å². The van der Waals surface area contributed by atoms with Gasteiger partial charge in [0, 0.05) is 18.5 Å². The predicted molar refractivity (Wildman–Crippen MR) is 59.9 cm³/mol. The maximum absolute atomic E-state index is 11.5. The van der Waals surface area contributed by atoms with Crippen LogP contribution < -0.4 is 11.1 Å². The van der Waals surface area contributed by atoms with Crippen LogP contribution in [0.4, 0.5) is 0 Å². The monoisotopic (exact) mass is 200 g/mol. The van der Waals surface area contributed by atoms with Crippen LogP contribution in [0.15, 0.2) is 0 Å². The van der Waals surface area contributed by atoms with Crippen molar-refractivity contribution in [1.82, 2.24) is 5.32 Å². The van der Waals surface area contributed by atoms with Crippen LogP contribution in [-0.4, -0.2) is 18.5 Å². The molecular formula is C11H24N2O. The van der Waals surface area contributed by atoms with Gasteiger partial charge in [-0.3, -0.25) is 4.79 Å². The molecule has 84 valence electrons. The molecule has 0 saturated heterocycles. The second-order valence-electron chi connectivity index (χ2n) is 4.34. The molecule has 0 bridgehead atoms. The molecule has 0 aromatic carbocycles. The van der Waals surface area contributed by atoms with Gasteiger partial charge in [-0.1, -0.05) is 34.1 Å². The minimum atomic E-state index is 0.0628. The fraction of sp³-hybridized carbons (Fsp3) is 0.909. The smallest absolute Gasteiger partial charge is 0.222 e. The standard InChI is InChI=1S/C11H24N2O/c1-5-6-9(4)11(14)13-7-10(12)8(2)3/h8-10H,5-7,12H2,1-4H3,(H,13,14). The number of hydrogen-bond acceptors (Lipinski definition) is 2. The lowest BCUT2D eigenvalue weighted by molar-refractivity contribution is -0.124. The molecule has 2 unspecified atom stereocenters. The van der Waals surface area contributed by atoms with E-state index < -0.39 is 0 Å². The average Bonchev–Trinajstić information content (AvgIpc) is 2.13. The van der Waals surface area contributed by atoms with E-state index in [1.807, 2.05) is 6.92 Å². The molecule has 0 spiro atoms. The summed E-state index contributed by atoms with van der Waals surface area (Å²) < 4.78 is 0. The van der Waals surface area contributed by atoms with Gasteiger partial charge in [0.2, 0.25) is 5.91 Å². The van der Waals surface area contributed by atoms with E-state index >= 15 is 0 Å². The van der Waals surface area contributed by atoms with Gasteiger partial charge in [-0.15, -0.1) is 0 Å². The second-order valence-corrected chi connectivity index (χ2v) is 4.34. The van der Waals surface area contributed by atoms with Gasteiger partial charge >= 0.3 is 0 Å². The Morgan fingerprint density at radius 1 is 1.36 bits per heavy atom. The van der Waals surface area contributed by atoms with Crippen LogP contribution >= 0.6 is 0 Å². The molecule has 2 atom stereocenters. The van der Waals surface area contributed by atoms with Crippen molar-refractivity contribution in [1.29, 1.82) is 0 Å². The third-order valence-corrected chi connectivity index (χ3v) is 2.54. The van der Waals surface area contributed by atoms with Crippen molar-refractivity contribution in [2.45, 2.75) is 46.6 Å². The van der Waals surface area contributed by atoms with Gasteiger partial charge in [0.25, 0.3) is 0 Å². The summed E-state index contributed by atoms with van der Waals surface area (Å²) >= 11 is 0. The normalized spacial score (nSPS) is 15.3. The van der Waals surface area contributed by atoms with Crippen LogP contribution in [0.3, 0.4) is 0 Å². The average molecular weight is 200 g/mol. The van der Waals surface area contributed by atoms with Gasteiger partial charge in [0.1, 0.15) is 0 Å². The fourth-order valence-electron chi connectivity index (χ4n) is 1.19. The zero-order valence-electron chi connectivity index (χ0n) is 9.84. The molecule has 0 aliphatic carbocycles. The molecule has 0 aliphatic rings. The highest BCUT2D eigenvalue weighted by Gasteiger charge is 2.13. The minimum Gasteiger partial charge on any atom is -0.354 e. The van der Waals surface area contributed by atoms with E-state index in [1.165, 1.54) is 0 Å². The summed E-state index contributed by atoms with van der Waals surface area (Å²) in [7, 11) is 0. The molecule has 0 fully saturated rings. The highest BCUT2D eigenvalue weighted by atomic mass is 16.1. The Labute approximate surface area is 87.4 Å². The summed E-state index contributed by atoms with van der Waals surface area (Å²) in [5, 5.41) is 2.88. The first-order chi connectivity index (χ1) is 6.49. The molecule has 14 heavy (non-hydrogen) atoms. The van der Waals surface area contributed by atoms with E-state index in [1.54, 1.807) is 0 Å². The Bertz CT molecular complexity index is 169. The molecule has 1 amide bonds. The van der Waals surface area contributed by atoms with Crippen LogP contribution in [0.2, 0.25) is 0 Å². The first-order valence-corrected chi connectivity index (χ1v) is 5.52. The van der Waals surface area contributed by atoms with Crippen molar-refractivity contribution < 1.29 is 4.79 Å². The van der Waals surface area contributed by atoms with Crippen molar-refractivity contribution >= 4 is 5.91 Å². The van der Waals surface area contributed by atoms with E-state index in [4.69, 9.17) is 5.73 Å². The molecule has 0 aromatic rings. The maximum atomic E-state index is 11.5. The van der Waals surface area contributed by atoms with Crippen LogP contribution in [0.5, 0.6) is 0 Å². The topological polar surface area (TPSA) is 55.1 Å². The third kappa shape index (κ3) is 5.22. The maximum Gasteiger partial charge on any atom is 0.222 e. The minimum absolute atomic E-state index is 0.0628. The van der Waals surface area contributed by atoms with Crippen LogP contribution in [0.1, 0.15) is 40.5 Å². The number of hydrogen-bond donors (Lipinski definition) is 2. The largest absolute Gasteiger partial charge is 0.354 e. The van der Waals surface area contributed by atoms with E-state index in [0.29, 0.717) is 12.5 Å². The Kier molecular flexibility index (Phi) is 6.54. The third-order valence-electron chi connectivity index (χ3n) is 2.54. The number of nitrogens with two attached hydrogens (primary N) is 1. The van der Waals surface area contributed by atoms with Gasteiger partial charge < -0.3 is 11.1 Å². The SMILES string of the molecule is CCCC(C)C(=O)NCC(N)C(C)C. The number of carbonyl (C=O) groups excluding carboxylic acids is 1. The first-order valence-electron chi connectivity index (χ1n) is 5.52. The zero-order valence-corrected chi connectivity index (χ0v) is 9.84. The molecule has 3 nitrogen and oxygen atoms in total. The number of rotatable bonds is 6. The van der Waals surface area contributed by atoms with E-state index in [-0.39, 0.29) is 17.9 Å². The molecule has 3 heteroatoms. The van der Waals surface area contributed by atoms with Crippen molar-refractivity contribution in [2.75, 3.05) is 6.54 Å². The van der Waals surface area contributed by atoms with Gasteiger partial charge in [-0.05, 0) is 12.3 Å². The Hall–Kier alpha value is -0.570. The lowest BCUT2D eigenvalue weighted by Crippen LogP contribution is -2.42. The summed E-state index contributed by atoms with van der Waals surface area (Å²) in [6.07, 6.45) is 1.99. The lowest BCUT2D eigenvalue weighted by atomic mass is 10.0. The molecule has 3 N–H and O–H groups in total. The Balaban J connectivity index is 3.73. The molecule has 0 aromatic heterocycles. The Morgan fingerprint density at radius 3 is 2.36 bits per heavy atom. The summed E-state index contributed by atoms with van der Waals surface area (Å²) in [4.78, 5) is 11.5. The summed E-state index contributed by atoms with van der Waals surface area (Å²) in [5.41, 5.74) is 5.82. The zero-order chi connectivity index (χ0) is 11.1. The quantitative estimate of drug-likeness (QED) is 0.683. The molecular weight excluding hydrogens is 176 g/mol. The highest BCUT2D eigenvalue weighted by Crippen LogP contribution is 2.04. The molecule has 0 aliphatic heterocycles. The van der Waals surface area contributed by atoms with Gasteiger partial charge in [0.05, 0.1) is 0 Å². The lowest BCUT2D eigenvalue weighted by Gasteiger charge is -2.18. The number of amides is 1. The van der Waals surface area contributed by atoms with Gasteiger partial charge in [-0.2, -0.15) is 0 Å². The van der Waals surface area contributed by atoms with Crippen LogP contribution in [-0.2, 0) is 4.79 Å². The van der Waals surface area contributed by atoms with Crippen LogP contribution in [0.25, 0.3) is 0 Å². The van der Waals surface area contributed by atoms with E-state index in [9.17, 15) is 4.79 Å². The molecule has 0 heterocycles. The number of carbonyl (C=O) groups is 1. The summed E-state index contributed by atoms with van der Waals surface area (Å²) in [5.74, 6) is 0.652. The number of nitrogens with one attached hydrogen (secondary N) is 1. The van der Waals surface area contributed by atoms with Crippen molar-refractivity contribution in [3.8, 4) is 0 Å². The van der Waals surface area contributed by atoms with Gasteiger partial charge in [-0.25, -0.2) is 0 Å². The van der Waals surface area contributed by atoms with Crippen LogP contribution in [0, 0.1) is 11.8 Å². The van der Waals surface area contributed by atoms with Gasteiger partial charge in [0.15, 0.2) is 0 Å². The van der Waals surface area contributed by atoms with Crippen molar-refractivity contribution in [3.05, 3.63) is 0 Å². The molecule has 0 saturated carbocycles. The highest BCUT2D eigenvalue weighted by molar-refractivity contribution is 5.78. The Morgan fingerprint density at radius 2 is 1.93 bits per heavy atom. The summed E-state index contributed by atoms with van der Waals surface area (Å²) in [6, 6.07) is 0.0628. The van der Waals surface area contributed by atoms with Crippen molar-refractivity contribution in [2.24, 2.45) is 17.6 Å². The fourth-order valence-corrected chi connectivity index (χ4v) is 1.19. The predicted octanol–water partition coefficient (Wildman–Crippen LogP) is 1.52. The molecule has 0 rings (SSSR count). The second kappa shape index (κ2) is 6.82. The summed E-state index contributed by atoms with van der Waals surface area (Å²) in [6.45, 7) is 8.76. The van der Waals surface area contributed by atoms with E-state index in [2.05, 4.69) is 26.1 Å². The first kappa shape index (κ1) is 13.4. The van der Waals surface area contributed by atoms with Crippen molar-refractivity contribution in [3.63, 3.8) is 0 Å². The molecule has 0 radical (unpaired) electrons.